The monoisotopic (exact) mass is 385 g/mol. The van der Waals surface area contributed by atoms with Gasteiger partial charge in [-0.1, -0.05) is 37.3 Å². The molecule has 2 amide bonds. The van der Waals surface area contributed by atoms with Crippen molar-refractivity contribution in [1.82, 2.24) is 19.7 Å². The first-order valence-corrected chi connectivity index (χ1v) is 9.62. The number of nitrogens with two attached hydrogens (primary N) is 1. The Morgan fingerprint density at radius 2 is 2.04 bits per heavy atom. The Kier molecular flexibility index (Phi) is 6.08. The van der Waals surface area contributed by atoms with Crippen molar-refractivity contribution in [3.05, 3.63) is 47.5 Å². The van der Waals surface area contributed by atoms with Crippen LogP contribution in [-0.4, -0.2) is 44.1 Å². The van der Waals surface area contributed by atoms with Gasteiger partial charge in [-0.25, -0.2) is 9.67 Å². The van der Waals surface area contributed by atoms with E-state index in [0.29, 0.717) is 18.2 Å². The van der Waals surface area contributed by atoms with Crippen molar-refractivity contribution in [2.24, 2.45) is 5.73 Å². The van der Waals surface area contributed by atoms with Gasteiger partial charge in [0.05, 0.1) is 12.5 Å². The van der Waals surface area contributed by atoms with Gasteiger partial charge in [0.2, 0.25) is 11.8 Å². The first kappa shape index (κ1) is 20.0. The lowest BCUT2D eigenvalue weighted by molar-refractivity contribution is -0.163. The molecule has 0 aliphatic carbocycles. The molecule has 0 saturated carbocycles. The zero-order valence-electron chi connectivity index (χ0n) is 16.5. The number of hydrogen-bond donors (Lipinski definition) is 1. The van der Waals surface area contributed by atoms with Crippen LogP contribution in [-0.2, 0) is 27.3 Å². The first-order valence-electron chi connectivity index (χ1n) is 9.62. The molecule has 150 valence electrons. The predicted molar refractivity (Wildman–Crippen MR) is 103 cm³/mol. The van der Waals surface area contributed by atoms with Crippen molar-refractivity contribution in [3.63, 3.8) is 0 Å². The third-order valence-electron chi connectivity index (χ3n) is 4.72. The van der Waals surface area contributed by atoms with Gasteiger partial charge in [-0.3, -0.25) is 9.59 Å². The molecule has 2 aromatic rings. The summed E-state index contributed by atoms with van der Waals surface area (Å²) in [6.45, 7) is 6.64. The van der Waals surface area contributed by atoms with Crippen LogP contribution in [0, 0.1) is 0 Å². The third kappa shape index (κ3) is 4.06. The predicted octanol–water partition coefficient (Wildman–Crippen LogP) is 1.77. The van der Waals surface area contributed by atoms with E-state index in [9.17, 15) is 9.59 Å². The van der Waals surface area contributed by atoms with Gasteiger partial charge in [0.25, 0.3) is 0 Å². The van der Waals surface area contributed by atoms with E-state index in [1.165, 1.54) is 0 Å². The standard InChI is InChI=1S/C20H27N5O3/c1-4-10-24-20(22-16(23-24)11-15(21)26)19-18(14-8-6-5-7-9-14)25(13(2)3)17(27)12-28-19/h5-9,13,18-19H,4,10-12H2,1-3H3,(H2,21,26)/t18-,19+/m1/s1. The summed E-state index contributed by atoms with van der Waals surface area (Å²) in [5.41, 5.74) is 6.29. The normalized spacial score (nSPS) is 20.0. The largest absolute Gasteiger partial charge is 0.369 e. The molecule has 1 saturated heterocycles. The Balaban J connectivity index is 2.08. The van der Waals surface area contributed by atoms with Gasteiger partial charge >= 0.3 is 0 Å². The summed E-state index contributed by atoms with van der Waals surface area (Å²) in [6, 6.07) is 9.47. The maximum atomic E-state index is 12.7. The van der Waals surface area contributed by atoms with Crippen LogP contribution in [0.4, 0.5) is 0 Å². The minimum absolute atomic E-state index is 0.00302. The molecule has 28 heavy (non-hydrogen) atoms. The van der Waals surface area contributed by atoms with Crippen LogP contribution in [0.25, 0.3) is 0 Å². The summed E-state index contributed by atoms with van der Waals surface area (Å²) >= 11 is 0. The highest BCUT2D eigenvalue weighted by atomic mass is 16.5. The van der Waals surface area contributed by atoms with Crippen LogP contribution >= 0.6 is 0 Å². The second kappa shape index (κ2) is 8.52. The van der Waals surface area contributed by atoms with Crippen molar-refractivity contribution >= 4 is 11.8 Å². The summed E-state index contributed by atoms with van der Waals surface area (Å²) in [7, 11) is 0. The molecule has 1 fully saturated rings. The molecule has 0 unspecified atom stereocenters. The molecule has 3 rings (SSSR count). The number of aromatic nitrogens is 3. The lowest BCUT2D eigenvalue weighted by Gasteiger charge is -2.43. The number of nitrogens with zero attached hydrogens (tertiary/aromatic N) is 4. The smallest absolute Gasteiger partial charge is 0.249 e. The molecule has 0 bridgehead atoms. The van der Waals surface area contributed by atoms with E-state index in [-0.39, 0.29) is 31.0 Å². The van der Waals surface area contributed by atoms with Crippen molar-refractivity contribution in [3.8, 4) is 0 Å². The highest BCUT2D eigenvalue weighted by Crippen LogP contribution is 2.40. The molecule has 2 atom stereocenters. The molecule has 2 heterocycles. The van der Waals surface area contributed by atoms with E-state index in [1.54, 1.807) is 4.68 Å². The maximum Gasteiger partial charge on any atom is 0.249 e. The fraction of sp³-hybridized carbons (Fsp3) is 0.500. The van der Waals surface area contributed by atoms with Crippen molar-refractivity contribution in [2.45, 2.75) is 58.3 Å². The number of morpholine rings is 1. The number of carbonyl (C=O) groups is 2. The summed E-state index contributed by atoms with van der Waals surface area (Å²) < 4.78 is 7.77. The quantitative estimate of drug-likeness (QED) is 0.782. The SMILES string of the molecule is CCCn1nc(CC(N)=O)nc1[C@H]1OCC(=O)N(C(C)C)[C@@H]1c1ccccc1. The Hall–Kier alpha value is -2.74. The van der Waals surface area contributed by atoms with Crippen LogP contribution in [0.15, 0.2) is 30.3 Å². The number of hydrogen-bond acceptors (Lipinski definition) is 5. The van der Waals surface area contributed by atoms with E-state index in [4.69, 9.17) is 10.5 Å². The zero-order chi connectivity index (χ0) is 20.3. The lowest BCUT2D eigenvalue weighted by Crippen LogP contribution is -2.49. The molecule has 0 spiro atoms. The van der Waals surface area contributed by atoms with Gasteiger partial charge in [-0.05, 0) is 25.8 Å². The van der Waals surface area contributed by atoms with Crippen LogP contribution in [0.3, 0.4) is 0 Å². The maximum absolute atomic E-state index is 12.7. The fourth-order valence-corrected chi connectivity index (χ4v) is 3.66. The number of amides is 2. The number of primary amides is 1. The van der Waals surface area contributed by atoms with E-state index in [0.717, 1.165) is 12.0 Å². The Morgan fingerprint density at radius 3 is 2.64 bits per heavy atom. The molecule has 1 aromatic carbocycles. The third-order valence-corrected chi connectivity index (χ3v) is 4.72. The van der Waals surface area contributed by atoms with Crippen LogP contribution in [0.5, 0.6) is 0 Å². The molecule has 8 nitrogen and oxygen atoms in total. The van der Waals surface area contributed by atoms with Gasteiger partial charge in [0.15, 0.2) is 11.6 Å². The molecule has 1 aromatic heterocycles. The average Bonchev–Trinajstić information content (AvgIpc) is 3.03. The number of ether oxygens (including phenoxy) is 1. The van der Waals surface area contributed by atoms with E-state index < -0.39 is 12.0 Å². The Labute approximate surface area is 164 Å². The summed E-state index contributed by atoms with van der Waals surface area (Å²) in [6.07, 6.45) is 0.337. The van der Waals surface area contributed by atoms with E-state index >= 15 is 0 Å². The molecule has 8 heteroatoms. The number of rotatable bonds is 7. The van der Waals surface area contributed by atoms with Crippen LogP contribution in [0.1, 0.15) is 56.6 Å². The average molecular weight is 385 g/mol. The second-order valence-electron chi connectivity index (χ2n) is 7.23. The Morgan fingerprint density at radius 1 is 1.32 bits per heavy atom. The van der Waals surface area contributed by atoms with Crippen molar-refractivity contribution < 1.29 is 14.3 Å². The Bertz CT molecular complexity index is 834. The van der Waals surface area contributed by atoms with Crippen molar-refractivity contribution in [2.75, 3.05) is 6.61 Å². The van der Waals surface area contributed by atoms with Gasteiger partial charge < -0.3 is 15.4 Å². The molecule has 1 aliphatic heterocycles. The molecule has 0 radical (unpaired) electrons. The number of carbonyl (C=O) groups excluding carboxylic acids is 2. The van der Waals surface area contributed by atoms with Crippen LogP contribution < -0.4 is 5.73 Å². The summed E-state index contributed by atoms with van der Waals surface area (Å²) in [5, 5.41) is 4.45. The number of aryl methyl sites for hydroxylation is 1. The molecule has 1 aliphatic rings. The van der Waals surface area contributed by atoms with Crippen LogP contribution in [0.2, 0.25) is 0 Å². The van der Waals surface area contributed by atoms with E-state index in [2.05, 4.69) is 10.1 Å². The topological polar surface area (TPSA) is 103 Å². The van der Waals surface area contributed by atoms with Gasteiger partial charge in [0.1, 0.15) is 12.7 Å². The minimum atomic E-state index is -0.483. The molecular weight excluding hydrogens is 358 g/mol. The zero-order valence-corrected chi connectivity index (χ0v) is 16.5. The van der Waals surface area contributed by atoms with Gasteiger partial charge in [0, 0.05) is 12.6 Å². The molecular formula is C20H27N5O3. The van der Waals surface area contributed by atoms with Gasteiger partial charge in [-0.2, -0.15) is 5.10 Å². The highest BCUT2D eigenvalue weighted by Gasteiger charge is 2.42. The molecule has 2 N–H and O–H groups in total. The highest BCUT2D eigenvalue weighted by molar-refractivity contribution is 5.79. The summed E-state index contributed by atoms with van der Waals surface area (Å²) in [4.78, 5) is 30.4. The fourth-order valence-electron chi connectivity index (χ4n) is 3.66. The minimum Gasteiger partial charge on any atom is -0.369 e. The summed E-state index contributed by atoms with van der Waals surface area (Å²) in [5.74, 6) is 0.451. The van der Waals surface area contributed by atoms with Crippen molar-refractivity contribution in [1.29, 1.82) is 0 Å². The lowest BCUT2D eigenvalue weighted by atomic mass is 9.95. The number of benzene rings is 1. The first-order chi connectivity index (χ1) is 13.4. The van der Waals surface area contributed by atoms with Gasteiger partial charge in [-0.15, -0.1) is 0 Å². The second-order valence-corrected chi connectivity index (χ2v) is 7.23. The van der Waals surface area contributed by atoms with E-state index in [1.807, 2.05) is 56.0 Å².